The maximum Gasteiger partial charge on any atom is 0.147 e. The number of pyridine rings is 1. The highest BCUT2D eigenvalue weighted by Gasteiger charge is 2.16. The van der Waals surface area contributed by atoms with Crippen LogP contribution in [0.3, 0.4) is 0 Å². The maximum atomic E-state index is 6.20. The Balaban J connectivity index is 2.16. The first-order valence-corrected chi connectivity index (χ1v) is 6.58. The van der Waals surface area contributed by atoms with E-state index in [1.807, 2.05) is 6.07 Å². The van der Waals surface area contributed by atoms with Crippen LogP contribution in [0.2, 0.25) is 5.02 Å². The Bertz CT molecular complexity index is 372. The average Bonchev–Trinajstić information content (AvgIpc) is 2.43. The van der Waals surface area contributed by atoms with Crippen molar-refractivity contribution in [2.24, 2.45) is 0 Å². The van der Waals surface area contributed by atoms with E-state index in [0.29, 0.717) is 0 Å². The average molecular weight is 305 g/mol. The summed E-state index contributed by atoms with van der Waals surface area (Å²) >= 11 is 9.58. The van der Waals surface area contributed by atoms with Crippen LogP contribution in [0.1, 0.15) is 6.42 Å². The molecule has 0 spiro atoms. The van der Waals surface area contributed by atoms with Crippen molar-refractivity contribution in [3.8, 4) is 0 Å². The molecule has 0 amide bonds. The third-order valence-electron chi connectivity index (χ3n) is 2.81. The van der Waals surface area contributed by atoms with Crippen LogP contribution in [-0.4, -0.2) is 43.1 Å². The zero-order valence-electron chi connectivity index (χ0n) is 9.29. The van der Waals surface area contributed by atoms with Crippen molar-refractivity contribution in [1.29, 1.82) is 0 Å². The topological polar surface area (TPSA) is 19.4 Å². The van der Waals surface area contributed by atoms with E-state index in [1.165, 1.54) is 0 Å². The van der Waals surface area contributed by atoms with Gasteiger partial charge in [-0.05, 0) is 42.0 Å². The molecule has 0 saturated carbocycles. The zero-order valence-corrected chi connectivity index (χ0v) is 11.6. The van der Waals surface area contributed by atoms with E-state index in [0.717, 1.165) is 47.9 Å². The van der Waals surface area contributed by atoms with Crippen LogP contribution < -0.4 is 4.90 Å². The molecule has 0 aliphatic carbocycles. The van der Waals surface area contributed by atoms with Crippen LogP contribution in [0.5, 0.6) is 0 Å². The summed E-state index contributed by atoms with van der Waals surface area (Å²) in [6.45, 7) is 4.22. The molecule has 3 nitrogen and oxygen atoms in total. The van der Waals surface area contributed by atoms with Crippen LogP contribution in [0.15, 0.2) is 16.7 Å². The maximum absolute atomic E-state index is 6.20. The van der Waals surface area contributed by atoms with Gasteiger partial charge in [-0.25, -0.2) is 4.98 Å². The highest BCUT2D eigenvalue weighted by atomic mass is 79.9. The van der Waals surface area contributed by atoms with Crippen LogP contribution in [-0.2, 0) is 0 Å². The second kappa shape index (κ2) is 5.34. The molecule has 1 aliphatic rings. The molecule has 5 heteroatoms. The van der Waals surface area contributed by atoms with E-state index >= 15 is 0 Å². The third kappa shape index (κ3) is 2.87. The molecular formula is C11H15BrClN3. The lowest BCUT2D eigenvalue weighted by Gasteiger charge is -2.22. The Morgan fingerprint density at radius 2 is 2.12 bits per heavy atom. The number of anilines is 1. The predicted molar refractivity (Wildman–Crippen MR) is 71.3 cm³/mol. The standard InChI is InChI=1S/C11H15BrClN3/c1-15-3-2-4-16(6-5-15)11-10(13)7-9(12)8-14-11/h7-8H,2-6H2,1H3. The smallest absolute Gasteiger partial charge is 0.147 e. The second-order valence-corrected chi connectivity index (χ2v) is 5.43. The van der Waals surface area contributed by atoms with Crippen molar-refractivity contribution in [2.75, 3.05) is 38.1 Å². The van der Waals surface area contributed by atoms with Gasteiger partial charge in [-0.1, -0.05) is 11.6 Å². The minimum Gasteiger partial charge on any atom is -0.354 e. The number of likely N-dealkylation sites (N-methyl/N-ethyl adjacent to an activating group) is 1. The molecule has 88 valence electrons. The Morgan fingerprint density at radius 1 is 1.31 bits per heavy atom. The van der Waals surface area contributed by atoms with E-state index in [9.17, 15) is 0 Å². The van der Waals surface area contributed by atoms with Crippen molar-refractivity contribution >= 4 is 33.3 Å². The van der Waals surface area contributed by atoms with E-state index in [4.69, 9.17) is 11.6 Å². The fourth-order valence-electron chi connectivity index (χ4n) is 1.90. The molecule has 0 unspecified atom stereocenters. The summed E-state index contributed by atoms with van der Waals surface area (Å²) in [5.74, 6) is 0.903. The van der Waals surface area contributed by atoms with E-state index < -0.39 is 0 Å². The van der Waals surface area contributed by atoms with Crippen molar-refractivity contribution in [1.82, 2.24) is 9.88 Å². The van der Waals surface area contributed by atoms with Crippen LogP contribution >= 0.6 is 27.5 Å². The van der Waals surface area contributed by atoms with Gasteiger partial charge in [0.2, 0.25) is 0 Å². The molecule has 1 saturated heterocycles. The molecule has 0 radical (unpaired) electrons. The molecule has 0 bridgehead atoms. The van der Waals surface area contributed by atoms with Gasteiger partial charge in [-0.15, -0.1) is 0 Å². The van der Waals surface area contributed by atoms with Crippen molar-refractivity contribution in [3.05, 3.63) is 21.8 Å². The van der Waals surface area contributed by atoms with Crippen LogP contribution in [0.25, 0.3) is 0 Å². The monoisotopic (exact) mass is 303 g/mol. The molecule has 16 heavy (non-hydrogen) atoms. The summed E-state index contributed by atoms with van der Waals surface area (Å²) in [5.41, 5.74) is 0. The molecule has 2 heterocycles. The number of nitrogens with zero attached hydrogens (tertiary/aromatic N) is 3. The van der Waals surface area contributed by atoms with Gasteiger partial charge >= 0.3 is 0 Å². The second-order valence-electron chi connectivity index (χ2n) is 4.10. The van der Waals surface area contributed by atoms with Crippen molar-refractivity contribution in [2.45, 2.75) is 6.42 Å². The van der Waals surface area contributed by atoms with Gasteiger partial charge in [0.1, 0.15) is 5.82 Å². The molecule has 1 aromatic heterocycles. The van der Waals surface area contributed by atoms with E-state index in [2.05, 4.69) is 37.8 Å². The lowest BCUT2D eigenvalue weighted by atomic mass is 10.3. The van der Waals surface area contributed by atoms with Crippen LogP contribution in [0.4, 0.5) is 5.82 Å². The summed E-state index contributed by atoms with van der Waals surface area (Å²) in [4.78, 5) is 9.00. The minimum atomic E-state index is 0.721. The van der Waals surface area contributed by atoms with Gasteiger partial charge < -0.3 is 9.80 Å². The summed E-state index contributed by atoms with van der Waals surface area (Å²) in [6, 6.07) is 1.90. The molecule has 0 aromatic carbocycles. The third-order valence-corrected chi connectivity index (χ3v) is 3.52. The SMILES string of the molecule is CN1CCCN(c2ncc(Br)cc2Cl)CC1. The normalized spacial score (nSPS) is 18.6. The van der Waals surface area contributed by atoms with Gasteiger partial charge in [0.05, 0.1) is 5.02 Å². The van der Waals surface area contributed by atoms with Gasteiger partial charge in [0.15, 0.2) is 0 Å². The van der Waals surface area contributed by atoms with E-state index in [1.54, 1.807) is 6.20 Å². The lowest BCUT2D eigenvalue weighted by molar-refractivity contribution is 0.360. The minimum absolute atomic E-state index is 0.721. The molecule has 1 aliphatic heterocycles. The predicted octanol–water partition coefficient (Wildman–Crippen LogP) is 2.64. The first kappa shape index (κ1) is 12.1. The summed E-state index contributed by atoms with van der Waals surface area (Å²) in [5, 5.41) is 0.721. The number of hydrogen-bond acceptors (Lipinski definition) is 3. The van der Waals surface area contributed by atoms with Gasteiger partial charge in [-0.3, -0.25) is 0 Å². The molecule has 0 atom stereocenters. The first-order valence-electron chi connectivity index (χ1n) is 5.41. The Kier molecular flexibility index (Phi) is 4.05. The Labute approximate surface area is 110 Å². The molecule has 1 aromatic rings. The van der Waals surface area contributed by atoms with Gasteiger partial charge in [0.25, 0.3) is 0 Å². The fraction of sp³-hybridized carbons (Fsp3) is 0.545. The Morgan fingerprint density at radius 3 is 2.88 bits per heavy atom. The highest BCUT2D eigenvalue weighted by Crippen LogP contribution is 2.26. The largest absolute Gasteiger partial charge is 0.354 e. The summed E-state index contributed by atoms with van der Waals surface area (Å²) in [6.07, 6.45) is 2.96. The molecule has 2 rings (SSSR count). The number of aromatic nitrogens is 1. The molecule has 1 fully saturated rings. The summed E-state index contributed by atoms with van der Waals surface area (Å²) in [7, 11) is 2.15. The Hall–Kier alpha value is -0.320. The van der Waals surface area contributed by atoms with Crippen LogP contribution in [0, 0.1) is 0 Å². The first-order chi connectivity index (χ1) is 7.66. The summed E-state index contributed by atoms with van der Waals surface area (Å²) < 4.78 is 0.924. The zero-order chi connectivity index (χ0) is 11.5. The van der Waals surface area contributed by atoms with E-state index in [-0.39, 0.29) is 0 Å². The quantitative estimate of drug-likeness (QED) is 0.795. The highest BCUT2D eigenvalue weighted by molar-refractivity contribution is 9.10. The molecule has 0 N–H and O–H groups in total. The number of halogens is 2. The fourth-order valence-corrected chi connectivity index (χ4v) is 2.65. The van der Waals surface area contributed by atoms with Gasteiger partial charge in [-0.2, -0.15) is 0 Å². The van der Waals surface area contributed by atoms with Gasteiger partial charge in [0, 0.05) is 30.3 Å². The van der Waals surface area contributed by atoms with Crippen molar-refractivity contribution < 1.29 is 0 Å². The lowest BCUT2D eigenvalue weighted by Crippen LogP contribution is -2.29. The number of hydrogen-bond donors (Lipinski definition) is 0. The number of rotatable bonds is 1. The van der Waals surface area contributed by atoms with Crippen molar-refractivity contribution in [3.63, 3.8) is 0 Å². The molecular weight excluding hydrogens is 289 g/mol.